The molecule has 8 heteroatoms. The third kappa shape index (κ3) is 6.41. The molecule has 0 bridgehead atoms. The number of carbonyl (C=O) groups excluding carboxylic acids is 1. The largest absolute Gasteiger partial charge is 0.444 e. The van der Waals surface area contributed by atoms with Crippen molar-refractivity contribution in [2.75, 3.05) is 6.54 Å². The van der Waals surface area contributed by atoms with Gasteiger partial charge in [0.25, 0.3) is 5.92 Å². The highest BCUT2D eigenvalue weighted by molar-refractivity contribution is 6.31. The van der Waals surface area contributed by atoms with Gasteiger partial charge in [0.2, 0.25) is 0 Å². The van der Waals surface area contributed by atoms with Gasteiger partial charge in [0, 0.05) is 47.2 Å². The van der Waals surface area contributed by atoms with Crippen LogP contribution < -0.4 is 21.6 Å². The van der Waals surface area contributed by atoms with E-state index in [2.05, 4.69) is 5.32 Å². The lowest BCUT2D eigenvalue weighted by Crippen LogP contribution is -2.37. The molecule has 0 saturated carbocycles. The van der Waals surface area contributed by atoms with Gasteiger partial charge in [0.15, 0.2) is 0 Å². The van der Waals surface area contributed by atoms with Gasteiger partial charge in [-0.05, 0) is 81.3 Å². The van der Waals surface area contributed by atoms with E-state index in [1.165, 1.54) is 6.20 Å². The molecule has 184 valence electrons. The molecule has 2 aromatic rings. The third-order valence-electron chi connectivity index (χ3n) is 5.60. The Balaban J connectivity index is 2.09. The van der Waals surface area contributed by atoms with Crippen molar-refractivity contribution in [3.05, 3.63) is 68.4 Å². The zero-order chi connectivity index (χ0) is 25.1. The summed E-state index contributed by atoms with van der Waals surface area (Å²) in [4.78, 5) is 12.1. The van der Waals surface area contributed by atoms with Gasteiger partial charge in [-0.2, -0.15) is 0 Å². The normalized spacial score (nSPS) is 16.7. The van der Waals surface area contributed by atoms with Crippen LogP contribution in [0.1, 0.15) is 49.6 Å². The lowest BCUT2D eigenvalue weighted by atomic mass is 9.93. The lowest BCUT2D eigenvalue weighted by Gasteiger charge is -2.24. The highest BCUT2D eigenvalue weighted by Gasteiger charge is 2.36. The predicted octanol–water partition coefficient (Wildman–Crippen LogP) is 4.18. The number of alkyl halides is 2. The highest BCUT2D eigenvalue weighted by Crippen LogP contribution is 2.31. The second-order valence-electron chi connectivity index (χ2n) is 9.54. The van der Waals surface area contributed by atoms with Gasteiger partial charge in [0.05, 0.1) is 0 Å². The molecule has 3 rings (SSSR count). The molecule has 1 aliphatic rings. The van der Waals surface area contributed by atoms with Gasteiger partial charge < -0.3 is 20.4 Å². The molecular weight excluding hydrogens is 460 g/mol. The number of nitrogens with one attached hydrogen (secondary N) is 1. The number of aromatic nitrogens is 1. The van der Waals surface area contributed by atoms with Gasteiger partial charge >= 0.3 is 6.09 Å². The summed E-state index contributed by atoms with van der Waals surface area (Å²) >= 11 is 6.31. The molecule has 1 aromatic heterocycles. The Labute approximate surface area is 203 Å². The van der Waals surface area contributed by atoms with Crippen LogP contribution in [-0.2, 0) is 24.1 Å². The van der Waals surface area contributed by atoms with E-state index in [1.807, 2.05) is 41.8 Å². The monoisotopic (exact) mass is 491 g/mol. The number of ether oxygens (including phenoxy) is 1. The number of hydrogen-bond donors (Lipinski definition) is 2. The van der Waals surface area contributed by atoms with Crippen molar-refractivity contribution in [1.82, 2.24) is 9.88 Å². The van der Waals surface area contributed by atoms with Crippen molar-refractivity contribution in [2.24, 2.45) is 5.73 Å². The highest BCUT2D eigenvalue weighted by atomic mass is 35.5. The molecule has 0 aliphatic heterocycles. The van der Waals surface area contributed by atoms with E-state index in [9.17, 15) is 13.6 Å². The second-order valence-corrected chi connectivity index (χ2v) is 9.95. The first-order chi connectivity index (χ1) is 15.9. The van der Waals surface area contributed by atoms with E-state index in [4.69, 9.17) is 22.1 Å². The average molecular weight is 492 g/mol. The van der Waals surface area contributed by atoms with Crippen LogP contribution in [0.2, 0.25) is 5.02 Å². The Kier molecular flexibility index (Phi) is 7.76. The van der Waals surface area contributed by atoms with Gasteiger partial charge in [-0.15, -0.1) is 0 Å². The van der Waals surface area contributed by atoms with Crippen LogP contribution in [0, 0.1) is 6.92 Å². The first kappa shape index (κ1) is 25.8. The van der Waals surface area contributed by atoms with Crippen molar-refractivity contribution >= 4 is 29.8 Å². The molecule has 34 heavy (non-hydrogen) atoms. The number of fused-ring (bicyclic) bond motifs is 1. The Bertz CT molecular complexity index is 1210. The van der Waals surface area contributed by atoms with Crippen LogP contribution in [0.25, 0.3) is 12.2 Å². The third-order valence-corrected chi connectivity index (χ3v) is 6.01. The smallest absolute Gasteiger partial charge is 0.407 e. The summed E-state index contributed by atoms with van der Waals surface area (Å²) in [5.74, 6) is -2.78. The number of nitrogens with two attached hydrogens (primary N) is 1. The van der Waals surface area contributed by atoms with Crippen LogP contribution in [0.4, 0.5) is 13.6 Å². The van der Waals surface area contributed by atoms with Crippen LogP contribution in [0.15, 0.2) is 30.5 Å². The van der Waals surface area contributed by atoms with E-state index in [0.29, 0.717) is 22.3 Å². The molecular formula is C26H32ClF2N3O2. The van der Waals surface area contributed by atoms with Crippen molar-refractivity contribution in [3.8, 4) is 0 Å². The minimum absolute atomic E-state index is 0.217. The molecule has 5 nitrogen and oxygen atoms in total. The summed E-state index contributed by atoms with van der Waals surface area (Å²) in [5, 5.41) is 4.83. The number of amides is 1. The number of nitrogens with zero attached hydrogens (tertiary/aromatic N) is 1. The Hall–Kier alpha value is -2.80. The number of allylic oxidation sites excluding steroid dienone is 1. The second kappa shape index (κ2) is 10.2. The average Bonchev–Trinajstić information content (AvgIpc) is 2.98. The van der Waals surface area contributed by atoms with Crippen molar-refractivity contribution in [3.63, 3.8) is 0 Å². The molecule has 0 spiro atoms. The number of alkyl carbamates (subject to hydrolysis) is 1. The van der Waals surface area contributed by atoms with Gasteiger partial charge in [-0.25, -0.2) is 13.6 Å². The Morgan fingerprint density at radius 1 is 1.35 bits per heavy atom. The van der Waals surface area contributed by atoms with E-state index in [-0.39, 0.29) is 25.8 Å². The standard InChI is InChI=1S/C26H32ClF2N3O2/c1-17-7-8-18(15-21(17)27)14-19-20-16-26(28,29)10-9-23(20)32(22(19)6-5-11-30)13-12-31-24(33)34-25(2,3)4/h5-8,11,14-15H,9-10,12-13,16,30H2,1-4H3,(H,31,33)/b11-5+,19-14-,22-6+. The fourth-order valence-corrected chi connectivity index (χ4v) is 4.28. The summed E-state index contributed by atoms with van der Waals surface area (Å²) in [5.41, 5.74) is 8.20. The maximum atomic E-state index is 14.5. The van der Waals surface area contributed by atoms with Crippen LogP contribution in [0.3, 0.4) is 0 Å². The van der Waals surface area contributed by atoms with Crippen molar-refractivity contribution in [2.45, 2.75) is 65.0 Å². The first-order valence-corrected chi connectivity index (χ1v) is 11.7. The molecule has 0 atom stereocenters. The van der Waals surface area contributed by atoms with E-state index in [1.54, 1.807) is 26.8 Å². The maximum absolute atomic E-state index is 14.5. The molecule has 1 amide bonds. The summed E-state index contributed by atoms with van der Waals surface area (Å²) in [6, 6.07) is 5.65. The van der Waals surface area contributed by atoms with E-state index in [0.717, 1.165) is 22.2 Å². The number of rotatable bonds is 5. The zero-order valence-electron chi connectivity index (χ0n) is 20.1. The quantitative estimate of drug-likeness (QED) is 0.659. The molecule has 1 aromatic carbocycles. The first-order valence-electron chi connectivity index (χ1n) is 11.3. The van der Waals surface area contributed by atoms with Gasteiger partial charge in [-0.1, -0.05) is 23.7 Å². The van der Waals surface area contributed by atoms with Crippen molar-refractivity contribution < 1.29 is 18.3 Å². The SMILES string of the molecule is Cc1ccc(/C=c2/c3c(n(CCNC(=O)OC(C)(C)C)/c2=C/C=C/N)CCC(F)(F)C3)cc1Cl. The number of halogens is 3. The Morgan fingerprint density at radius 3 is 2.74 bits per heavy atom. The van der Waals surface area contributed by atoms with Gasteiger partial charge in [-0.3, -0.25) is 0 Å². The predicted molar refractivity (Wildman–Crippen MR) is 132 cm³/mol. The number of hydrogen-bond acceptors (Lipinski definition) is 3. The summed E-state index contributed by atoms with van der Waals surface area (Å²) in [6.07, 6.45) is 5.94. The van der Waals surface area contributed by atoms with Crippen LogP contribution in [0.5, 0.6) is 0 Å². The fraction of sp³-hybridized carbons (Fsp3) is 0.423. The molecule has 0 fully saturated rings. The van der Waals surface area contributed by atoms with Gasteiger partial charge in [0.1, 0.15) is 5.60 Å². The van der Waals surface area contributed by atoms with E-state index >= 15 is 0 Å². The summed E-state index contributed by atoms with van der Waals surface area (Å²) in [6.45, 7) is 7.98. The summed E-state index contributed by atoms with van der Waals surface area (Å²) < 4.78 is 36.2. The molecule has 1 aliphatic carbocycles. The molecule has 1 heterocycles. The van der Waals surface area contributed by atoms with Crippen LogP contribution in [-0.4, -0.2) is 28.7 Å². The zero-order valence-corrected chi connectivity index (χ0v) is 20.8. The Morgan fingerprint density at radius 2 is 2.09 bits per heavy atom. The molecule has 3 N–H and O–H groups in total. The number of aryl methyl sites for hydroxylation is 1. The fourth-order valence-electron chi connectivity index (χ4n) is 4.09. The maximum Gasteiger partial charge on any atom is 0.407 e. The lowest BCUT2D eigenvalue weighted by molar-refractivity contribution is -0.0130. The van der Waals surface area contributed by atoms with E-state index < -0.39 is 17.6 Å². The summed E-state index contributed by atoms with van der Waals surface area (Å²) in [7, 11) is 0. The molecule has 0 saturated heterocycles. The molecule has 0 radical (unpaired) electrons. The van der Waals surface area contributed by atoms with Crippen molar-refractivity contribution in [1.29, 1.82) is 0 Å². The minimum Gasteiger partial charge on any atom is -0.444 e. The number of benzene rings is 1. The van der Waals surface area contributed by atoms with Crippen LogP contribution >= 0.6 is 11.6 Å². The number of carbonyl (C=O) groups is 1. The minimum atomic E-state index is -2.78. The molecule has 0 unspecified atom stereocenters. The topological polar surface area (TPSA) is 69.3 Å².